The number of methoxy groups -OCH3 is 2. The summed E-state index contributed by atoms with van der Waals surface area (Å²) in [6.07, 6.45) is 1.38. The predicted octanol–water partition coefficient (Wildman–Crippen LogP) is 3.93. The molecule has 0 aromatic heterocycles. The summed E-state index contributed by atoms with van der Waals surface area (Å²) in [5.74, 6) is 1.22. The van der Waals surface area contributed by atoms with E-state index in [-0.39, 0.29) is 17.8 Å². The van der Waals surface area contributed by atoms with Gasteiger partial charge in [0.1, 0.15) is 0 Å². The van der Waals surface area contributed by atoms with Crippen molar-refractivity contribution in [3.05, 3.63) is 58.6 Å². The molecule has 1 aliphatic rings. The van der Waals surface area contributed by atoms with Gasteiger partial charge in [0, 0.05) is 10.9 Å². The van der Waals surface area contributed by atoms with Crippen molar-refractivity contribution in [1.29, 1.82) is 0 Å². The summed E-state index contributed by atoms with van der Waals surface area (Å²) in [5.41, 5.74) is 2.14. The summed E-state index contributed by atoms with van der Waals surface area (Å²) in [5, 5.41) is 0.681. The number of benzene rings is 2. The zero-order valence-corrected chi connectivity index (χ0v) is 15.1. The Labute approximate surface area is 152 Å². The van der Waals surface area contributed by atoms with E-state index in [4.69, 9.17) is 25.8 Å². The van der Waals surface area contributed by atoms with Gasteiger partial charge >= 0.3 is 5.97 Å². The molecule has 0 saturated carbocycles. The molecular weight excluding hydrogens is 340 g/mol. The lowest BCUT2D eigenvalue weighted by Gasteiger charge is -2.16. The van der Waals surface area contributed by atoms with Crippen LogP contribution in [-0.4, -0.2) is 26.8 Å². The molecule has 2 aromatic carbocycles. The van der Waals surface area contributed by atoms with Crippen molar-refractivity contribution in [3.63, 3.8) is 0 Å². The second kappa shape index (κ2) is 7.79. The number of carbonyl (C=O) groups is 1. The normalized spacial score (nSPS) is 19.6. The van der Waals surface area contributed by atoms with Crippen LogP contribution in [0.4, 0.5) is 0 Å². The molecule has 0 spiro atoms. The number of hydrogen-bond acceptors (Lipinski definition) is 4. The van der Waals surface area contributed by atoms with Crippen molar-refractivity contribution in [2.24, 2.45) is 11.8 Å². The van der Waals surface area contributed by atoms with Crippen molar-refractivity contribution in [2.45, 2.75) is 12.8 Å². The molecule has 0 aliphatic carbocycles. The molecular formula is C20H21ClO4. The molecule has 0 radical (unpaired) electrons. The summed E-state index contributed by atoms with van der Waals surface area (Å²) in [6.45, 7) is 0.443. The predicted molar refractivity (Wildman–Crippen MR) is 96.3 cm³/mol. The zero-order valence-electron chi connectivity index (χ0n) is 14.3. The largest absolute Gasteiger partial charge is 0.493 e. The van der Waals surface area contributed by atoms with Crippen LogP contribution in [0.5, 0.6) is 11.5 Å². The standard InChI is InChI=1S/C20H21ClO4/c1-23-18-7-6-14(11-19(18)24-2)8-15-12-25-20(22)17(15)10-13-4-3-5-16(21)9-13/h3-7,9,11,15,17H,8,10,12H2,1-2H3/t15-,17+/m0/s1. The quantitative estimate of drug-likeness (QED) is 0.732. The molecule has 4 nitrogen and oxygen atoms in total. The van der Waals surface area contributed by atoms with E-state index >= 15 is 0 Å². The molecule has 0 amide bonds. The van der Waals surface area contributed by atoms with Crippen molar-refractivity contribution in [3.8, 4) is 11.5 Å². The van der Waals surface area contributed by atoms with E-state index in [1.54, 1.807) is 14.2 Å². The Morgan fingerprint density at radius 1 is 1.04 bits per heavy atom. The van der Waals surface area contributed by atoms with Gasteiger partial charge in [0.2, 0.25) is 0 Å². The monoisotopic (exact) mass is 360 g/mol. The highest BCUT2D eigenvalue weighted by atomic mass is 35.5. The van der Waals surface area contributed by atoms with Crippen LogP contribution in [-0.2, 0) is 22.4 Å². The second-order valence-electron chi connectivity index (χ2n) is 6.22. The first-order valence-corrected chi connectivity index (χ1v) is 8.60. The lowest BCUT2D eigenvalue weighted by Crippen LogP contribution is -2.20. The van der Waals surface area contributed by atoms with Gasteiger partial charge in [-0.2, -0.15) is 0 Å². The maximum Gasteiger partial charge on any atom is 0.309 e. The minimum atomic E-state index is -0.161. The molecule has 25 heavy (non-hydrogen) atoms. The number of esters is 1. The van der Waals surface area contributed by atoms with Crippen LogP contribution in [0.1, 0.15) is 11.1 Å². The van der Waals surface area contributed by atoms with Crippen LogP contribution in [0.25, 0.3) is 0 Å². The molecule has 3 rings (SSSR count). The summed E-state index contributed by atoms with van der Waals surface area (Å²) in [7, 11) is 3.23. The number of halogens is 1. The summed E-state index contributed by atoms with van der Waals surface area (Å²) in [6, 6.07) is 13.5. The SMILES string of the molecule is COc1ccc(C[C@H]2COC(=O)[C@@H]2Cc2cccc(Cl)c2)cc1OC. The third kappa shape index (κ3) is 4.07. The molecule has 2 atom stereocenters. The molecule has 2 aromatic rings. The number of cyclic esters (lactones) is 1. The highest BCUT2D eigenvalue weighted by Crippen LogP contribution is 2.33. The number of ether oxygens (including phenoxy) is 3. The van der Waals surface area contributed by atoms with Gasteiger partial charge in [-0.05, 0) is 48.2 Å². The Bertz CT molecular complexity index is 759. The van der Waals surface area contributed by atoms with Crippen LogP contribution >= 0.6 is 11.6 Å². The fourth-order valence-corrected chi connectivity index (χ4v) is 3.50. The van der Waals surface area contributed by atoms with Gasteiger partial charge in [0.05, 0.1) is 26.7 Å². The first-order valence-electron chi connectivity index (χ1n) is 8.22. The van der Waals surface area contributed by atoms with E-state index in [9.17, 15) is 4.79 Å². The van der Waals surface area contributed by atoms with Crippen molar-refractivity contribution < 1.29 is 19.0 Å². The molecule has 0 N–H and O–H groups in total. The van der Waals surface area contributed by atoms with E-state index in [1.165, 1.54) is 0 Å². The smallest absolute Gasteiger partial charge is 0.309 e. The van der Waals surface area contributed by atoms with Crippen LogP contribution in [0.3, 0.4) is 0 Å². The third-order valence-electron chi connectivity index (χ3n) is 4.60. The van der Waals surface area contributed by atoms with Crippen LogP contribution in [0.15, 0.2) is 42.5 Å². The summed E-state index contributed by atoms with van der Waals surface area (Å²) >= 11 is 6.05. The van der Waals surface area contributed by atoms with Gasteiger partial charge in [-0.25, -0.2) is 0 Å². The lowest BCUT2D eigenvalue weighted by atomic mass is 9.85. The third-order valence-corrected chi connectivity index (χ3v) is 4.84. The fourth-order valence-electron chi connectivity index (χ4n) is 3.28. The van der Waals surface area contributed by atoms with Gasteiger partial charge in [-0.3, -0.25) is 4.79 Å². The Morgan fingerprint density at radius 3 is 2.52 bits per heavy atom. The van der Waals surface area contributed by atoms with Crippen molar-refractivity contribution in [1.82, 2.24) is 0 Å². The molecule has 1 aliphatic heterocycles. The van der Waals surface area contributed by atoms with E-state index < -0.39 is 0 Å². The zero-order chi connectivity index (χ0) is 17.8. The average molecular weight is 361 g/mol. The minimum absolute atomic E-state index is 0.129. The first kappa shape index (κ1) is 17.6. The van der Waals surface area contributed by atoms with E-state index in [1.807, 2.05) is 42.5 Å². The number of rotatable bonds is 6. The maximum atomic E-state index is 12.2. The van der Waals surface area contributed by atoms with E-state index in [2.05, 4.69) is 0 Å². The Kier molecular flexibility index (Phi) is 5.49. The van der Waals surface area contributed by atoms with Crippen molar-refractivity contribution in [2.75, 3.05) is 20.8 Å². The van der Waals surface area contributed by atoms with Gasteiger partial charge in [-0.15, -0.1) is 0 Å². The van der Waals surface area contributed by atoms with E-state index in [0.717, 1.165) is 17.5 Å². The Hall–Kier alpha value is -2.20. The van der Waals surface area contributed by atoms with E-state index in [0.29, 0.717) is 29.5 Å². The van der Waals surface area contributed by atoms with Crippen LogP contribution in [0.2, 0.25) is 5.02 Å². The summed E-state index contributed by atoms with van der Waals surface area (Å²) in [4.78, 5) is 12.2. The maximum absolute atomic E-state index is 12.2. The fraction of sp³-hybridized carbons (Fsp3) is 0.350. The number of hydrogen-bond donors (Lipinski definition) is 0. The molecule has 5 heteroatoms. The number of carbonyl (C=O) groups excluding carboxylic acids is 1. The average Bonchev–Trinajstić information content (AvgIpc) is 2.95. The summed E-state index contributed by atoms with van der Waals surface area (Å²) < 4.78 is 16.0. The topological polar surface area (TPSA) is 44.8 Å². The molecule has 0 bridgehead atoms. The van der Waals surface area contributed by atoms with Gasteiger partial charge < -0.3 is 14.2 Å². The lowest BCUT2D eigenvalue weighted by molar-refractivity contribution is -0.141. The molecule has 1 saturated heterocycles. The Morgan fingerprint density at radius 2 is 1.80 bits per heavy atom. The van der Waals surface area contributed by atoms with Crippen molar-refractivity contribution >= 4 is 17.6 Å². The highest BCUT2D eigenvalue weighted by molar-refractivity contribution is 6.30. The van der Waals surface area contributed by atoms with Gasteiger partial charge in [0.25, 0.3) is 0 Å². The molecule has 1 heterocycles. The molecule has 1 fully saturated rings. The first-order chi connectivity index (χ1) is 12.1. The second-order valence-corrected chi connectivity index (χ2v) is 6.66. The molecule has 132 valence electrons. The van der Waals surface area contributed by atoms with Crippen LogP contribution in [0, 0.1) is 11.8 Å². The highest BCUT2D eigenvalue weighted by Gasteiger charge is 2.36. The van der Waals surface area contributed by atoms with Gasteiger partial charge in [0.15, 0.2) is 11.5 Å². The van der Waals surface area contributed by atoms with Gasteiger partial charge in [-0.1, -0.05) is 29.8 Å². The molecule has 0 unspecified atom stereocenters. The minimum Gasteiger partial charge on any atom is -0.493 e. The van der Waals surface area contributed by atoms with Crippen LogP contribution < -0.4 is 9.47 Å². The Balaban J connectivity index is 1.75.